The fourth-order valence-electron chi connectivity index (χ4n) is 4.72. The Bertz CT molecular complexity index is 1050. The van der Waals surface area contributed by atoms with E-state index in [1.807, 2.05) is 19.1 Å². The van der Waals surface area contributed by atoms with E-state index in [0.29, 0.717) is 5.70 Å². The Kier molecular flexibility index (Phi) is 9.63. The van der Waals surface area contributed by atoms with Crippen molar-refractivity contribution in [2.45, 2.75) is 85.2 Å². The van der Waals surface area contributed by atoms with Crippen molar-refractivity contribution < 1.29 is 13.2 Å². The van der Waals surface area contributed by atoms with Crippen LogP contribution in [0.4, 0.5) is 24.5 Å². The molecule has 2 aliphatic heterocycles. The van der Waals surface area contributed by atoms with Gasteiger partial charge in [0.1, 0.15) is 0 Å². The summed E-state index contributed by atoms with van der Waals surface area (Å²) in [5.74, 6) is 0. The van der Waals surface area contributed by atoms with Crippen molar-refractivity contribution in [3.8, 4) is 0 Å². The first-order valence-electron chi connectivity index (χ1n) is 13.3. The van der Waals surface area contributed by atoms with Crippen LogP contribution < -0.4 is 9.91 Å². The summed E-state index contributed by atoms with van der Waals surface area (Å²) in [7, 11) is 0. The molecule has 0 saturated carbocycles. The van der Waals surface area contributed by atoms with Crippen LogP contribution in [0.25, 0.3) is 0 Å². The molecule has 0 amide bonds. The van der Waals surface area contributed by atoms with E-state index in [-0.39, 0.29) is 5.69 Å². The molecule has 1 aromatic rings. The summed E-state index contributed by atoms with van der Waals surface area (Å²) in [6, 6.07) is 4.41. The molecule has 36 heavy (non-hydrogen) atoms. The molecule has 1 saturated heterocycles. The molecule has 6 heteroatoms. The highest BCUT2D eigenvalue weighted by atomic mass is 19.4. The van der Waals surface area contributed by atoms with Gasteiger partial charge in [-0.1, -0.05) is 58.4 Å². The maximum absolute atomic E-state index is 14.0. The number of allylic oxidation sites excluding steroid dienone is 6. The zero-order chi connectivity index (χ0) is 26.3. The summed E-state index contributed by atoms with van der Waals surface area (Å²) in [6.45, 7) is 14.3. The Balaban J connectivity index is 0.000000840. The predicted molar refractivity (Wildman–Crippen MR) is 147 cm³/mol. The maximum Gasteiger partial charge on any atom is 0.418 e. The smallest absolute Gasteiger partial charge is 0.371 e. The number of unbranched alkanes of at least 4 members (excludes halogenated alkanes) is 1. The van der Waals surface area contributed by atoms with Gasteiger partial charge in [-0.05, 0) is 80.4 Å². The molecule has 3 nitrogen and oxygen atoms in total. The third kappa shape index (κ3) is 6.32. The number of anilines is 2. The summed E-state index contributed by atoms with van der Waals surface area (Å²) in [5.41, 5.74) is 4.60. The molecule has 0 radical (unpaired) electrons. The van der Waals surface area contributed by atoms with Crippen LogP contribution in [0.5, 0.6) is 0 Å². The molecule has 2 heterocycles. The van der Waals surface area contributed by atoms with E-state index >= 15 is 0 Å². The van der Waals surface area contributed by atoms with Gasteiger partial charge in [0.15, 0.2) is 0 Å². The van der Waals surface area contributed by atoms with Gasteiger partial charge in [-0.15, -0.1) is 0 Å². The van der Waals surface area contributed by atoms with E-state index < -0.39 is 11.7 Å². The maximum atomic E-state index is 14.0. The van der Waals surface area contributed by atoms with Crippen molar-refractivity contribution in [1.29, 1.82) is 0 Å². The van der Waals surface area contributed by atoms with Crippen LogP contribution in [0, 0.1) is 0 Å². The third-order valence-electron chi connectivity index (χ3n) is 6.89. The highest BCUT2D eigenvalue weighted by Crippen LogP contribution is 2.45. The molecule has 1 fully saturated rings. The van der Waals surface area contributed by atoms with E-state index in [2.05, 4.69) is 38.3 Å². The topological polar surface area (TPSA) is 18.8 Å². The summed E-state index contributed by atoms with van der Waals surface area (Å²) in [6.07, 6.45) is 9.88. The Morgan fingerprint density at radius 1 is 1.03 bits per heavy atom. The molecule has 0 bridgehead atoms. The lowest BCUT2D eigenvalue weighted by Crippen LogP contribution is -2.28. The number of rotatable bonds is 6. The number of hydrazone groups is 1. The van der Waals surface area contributed by atoms with Gasteiger partial charge in [0.2, 0.25) is 0 Å². The SMILES string of the molecule is C=C1C2=C(CCC2)C(/C(C)=C/C=C\CC)=NN1c1cc(N2CCCC2)ccc1C(F)(F)F.CCCC. The standard InChI is InChI=1S/C26H30F3N3.C4H10/c1-4-5-6-10-18(2)25-22-12-9-11-21(22)19(3)32(30-25)24-17-20(31-15-7-8-16-31)13-14-23(24)26(27,28)29;1-3-4-2/h5-6,10,13-14,17H,3-4,7-9,11-12,15-16H2,1-2H3;3-4H2,1-2H3/b6-5-,18-10+;. The van der Waals surface area contributed by atoms with Crippen molar-refractivity contribution >= 4 is 17.1 Å². The lowest BCUT2D eigenvalue weighted by atomic mass is 9.96. The molecule has 0 aromatic heterocycles. The normalized spacial score (nSPS) is 18.6. The van der Waals surface area contributed by atoms with Crippen molar-refractivity contribution in [2.24, 2.45) is 5.10 Å². The number of hydrogen-bond acceptors (Lipinski definition) is 3. The van der Waals surface area contributed by atoms with Gasteiger partial charge in [0.25, 0.3) is 0 Å². The fourth-order valence-corrected chi connectivity index (χ4v) is 4.72. The molecule has 0 atom stereocenters. The van der Waals surface area contributed by atoms with Crippen LogP contribution in [0.15, 0.2) is 70.5 Å². The minimum atomic E-state index is -4.48. The first kappa shape index (κ1) is 27.8. The summed E-state index contributed by atoms with van der Waals surface area (Å²) in [4.78, 5) is 2.14. The number of hydrogen-bond donors (Lipinski definition) is 0. The lowest BCUT2D eigenvalue weighted by molar-refractivity contribution is -0.137. The molecule has 196 valence electrons. The van der Waals surface area contributed by atoms with Crippen LogP contribution >= 0.6 is 0 Å². The summed E-state index contributed by atoms with van der Waals surface area (Å²) in [5, 5.41) is 6.20. The van der Waals surface area contributed by atoms with E-state index in [9.17, 15) is 13.2 Å². The first-order chi connectivity index (χ1) is 17.2. The largest absolute Gasteiger partial charge is 0.418 e. The lowest BCUT2D eigenvalue weighted by Gasteiger charge is -2.32. The predicted octanol–water partition coefficient (Wildman–Crippen LogP) is 9.19. The van der Waals surface area contributed by atoms with E-state index in [4.69, 9.17) is 5.10 Å². The average Bonchev–Trinajstić information content (AvgIpc) is 3.57. The third-order valence-corrected chi connectivity index (χ3v) is 6.89. The number of halogens is 3. The Hall–Kier alpha value is -2.76. The Labute approximate surface area is 214 Å². The minimum absolute atomic E-state index is 0.0553. The Morgan fingerprint density at radius 3 is 2.31 bits per heavy atom. The highest BCUT2D eigenvalue weighted by molar-refractivity contribution is 6.14. The van der Waals surface area contributed by atoms with Crippen molar-refractivity contribution in [3.63, 3.8) is 0 Å². The zero-order valence-electron chi connectivity index (χ0n) is 22.2. The molecule has 1 aliphatic carbocycles. The second-order valence-electron chi connectivity index (χ2n) is 9.60. The number of nitrogens with zero attached hydrogens (tertiary/aromatic N) is 3. The van der Waals surface area contributed by atoms with E-state index in [1.165, 1.54) is 23.9 Å². The van der Waals surface area contributed by atoms with Crippen LogP contribution in [0.1, 0.15) is 84.6 Å². The van der Waals surface area contributed by atoms with Crippen molar-refractivity contribution in [1.82, 2.24) is 0 Å². The minimum Gasteiger partial charge on any atom is -0.371 e. The molecule has 0 unspecified atom stereocenters. The molecule has 0 N–H and O–H groups in total. The average molecular weight is 500 g/mol. The van der Waals surface area contributed by atoms with Crippen LogP contribution in [-0.2, 0) is 6.18 Å². The fraction of sp³-hybridized carbons (Fsp3) is 0.500. The monoisotopic (exact) mass is 499 g/mol. The number of benzene rings is 1. The van der Waals surface area contributed by atoms with Gasteiger partial charge in [-0.3, -0.25) is 0 Å². The molecular weight excluding hydrogens is 459 g/mol. The van der Waals surface area contributed by atoms with E-state index in [0.717, 1.165) is 79.7 Å². The van der Waals surface area contributed by atoms with Crippen LogP contribution in [0.3, 0.4) is 0 Å². The van der Waals surface area contributed by atoms with Gasteiger partial charge < -0.3 is 4.90 Å². The van der Waals surface area contributed by atoms with E-state index in [1.54, 1.807) is 12.1 Å². The molecule has 0 spiro atoms. The second-order valence-corrected chi connectivity index (χ2v) is 9.60. The Morgan fingerprint density at radius 2 is 1.69 bits per heavy atom. The van der Waals surface area contributed by atoms with Crippen LogP contribution in [-0.4, -0.2) is 18.8 Å². The van der Waals surface area contributed by atoms with Crippen LogP contribution in [0.2, 0.25) is 0 Å². The van der Waals surface area contributed by atoms with Gasteiger partial charge in [0, 0.05) is 18.8 Å². The molecule has 1 aromatic carbocycles. The van der Waals surface area contributed by atoms with Gasteiger partial charge >= 0.3 is 6.18 Å². The number of alkyl halides is 3. The quantitative estimate of drug-likeness (QED) is 0.363. The second kappa shape index (κ2) is 12.5. The molecule has 4 rings (SSSR count). The van der Waals surface area contributed by atoms with Gasteiger partial charge in [0.05, 0.1) is 22.7 Å². The van der Waals surface area contributed by atoms with Gasteiger partial charge in [-0.2, -0.15) is 18.3 Å². The van der Waals surface area contributed by atoms with Crippen molar-refractivity contribution in [3.05, 3.63) is 71.0 Å². The first-order valence-corrected chi connectivity index (χ1v) is 13.3. The molecule has 3 aliphatic rings. The molecular formula is C30H40F3N3. The van der Waals surface area contributed by atoms with Gasteiger partial charge in [-0.25, -0.2) is 5.01 Å². The highest BCUT2D eigenvalue weighted by Gasteiger charge is 2.38. The van der Waals surface area contributed by atoms with Crippen molar-refractivity contribution in [2.75, 3.05) is 23.0 Å². The summed E-state index contributed by atoms with van der Waals surface area (Å²) < 4.78 is 42.1. The zero-order valence-corrected chi connectivity index (χ0v) is 22.2. The summed E-state index contributed by atoms with van der Waals surface area (Å²) >= 11 is 0.